The molecule has 1 unspecified atom stereocenters. The topological polar surface area (TPSA) is 69.7 Å². The maximum atomic E-state index is 12.2. The van der Waals surface area contributed by atoms with E-state index in [1.165, 1.54) is 6.26 Å². The SMILES string of the molecule is C=C(C)CN1CCC(NC(=O)N2CCC(S(C)(=O)=O)C2)CC1. The standard InChI is InChI=1S/C15H27N3O3S/c1-12(2)10-17-7-4-13(5-8-17)16-15(19)18-9-6-14(11-18)22(3,20)21/h13-14H,1,4-11H2,2-3H3,(H,16,19). The van der Waals surface area contributed by atoms with Crippen molar-refractivity contribution >= 4 is 15.9 Å². The zero-order chi connectivity index (χ0) is 16.3. The van der Waals surface area contributed by atoms with Gasteiger partial charge in [-0.2, -0.15) is 0 Å². The maximum Gasteiger partial charge on any atom is 0.317 e. The first-order valence-electron chi connectivity index (χ1n) is 7.86. The summed E-state index contributed by atoms with van der Waals surface area (Å²) in [5.74, 6) is 0. The van der Waals surface area contributed by atoms with Crippen LogP contribution in [0.1, 0.15) is 26.2 Å². The van der Waals surface area contributed by atoms with E-state index < -0.39 is 15.1 Å². The summed E-state index contributed by atoms with van der Waals surface area (Å²) in [6.07, 6.45) is 3.66. The molecule has 0 aromatic rings. The number of hydrogen-bond acceptors (Lipinski definition) is 4. The molecule has 2 aliphatic heterocycles. The van der Waals surface area contributed by atoms with Crippen molar-refractivity contribution in [2.24, 2.45) is 0 Å². The Labute approximate surface area is 133 Å². The van der Waals surface area contributed by atoms with E-state index in [0.29, 0.717) is 19.5 Å². The zero-order valence-corrected chi connectivity index (χ0v) is 14.4. The average Bonchev–Trinajstić information content (AvgIpc) is 2.90. The van der Waals surface area contributed by atoms with Gasteiger partial charge in [0.1, 0.15) is 0 Å². The van der Waals surface area contributed by atoms with Gasteiger partial charge in [0.15, 0.2) is 9.84 Å². The van der Waals surface area contributed by atoms with Gasteiger partial charge < -0.3 is 10.2 Å². The van der Waals surface area contributed by atoms with Crippen molar-refractivity contribution < 1.29 is 13.2 Å². The number of likely N-dealkylation sites (tertiary alicyclic amines) is 2. The van der Waals surface area contributed by atoms with Crippen LogP contribution in [0.4, 0.5) is 4.79 Å². The molecule has 1 N–H and O–H groups in total. The van der Waals surface area contributed by atoms with Crippen LogP contribution >= 0.6 is 0 Å². The Kier molecular flexibility index (Phi) is 5.50. The van der Waals surface area contributed by atoms with Crippen LogP contribution in [-0.4, -0.2) is 74.5 Å². The van der Waals surface area contributed by atoms with E-state index in [0.717, 1.165) is 38.0 Å². The third-order valence-electron chi connectivity index (χ3n) is 4.45. The molecule has 1 atom stereocenters. The molecule has 2 amide bonds. The van der Waals surface area contributed by atoms with Crippen molar-refractivity contribution in [3.63, 3.8) is 0 Å². The molecule has 22 heavy (non-hydrogen) atoms. The first-order chi connectivity index (χ1) is 10.3. The molecule has 126 valence electrons. The zero-order valence-electron chi connectivity index (χ0n) is 13.5. The van der Waals surface area contributed by atoms with Gasteiger partial charge in [-0.15, -0.1) is 0 Å². The summed E-state index contributed by atoms with van der Waals surface area (Å²) in [5.41, 5.74) is 1.16. The van der Waals surface area contributed by atoms with Gasteiger partial charge in [0.25, 0.3) is 0 Å². The molecule has 0 aromatic carbocycles. The molecule has 2 aliphatic rings. The summed E-state index contributed by atoms with van der Waals surface area (Å²) < 4.78 is 23.1. The molecule has 2 saturated heterocycles. The lowest BCUT2D eigenvalue weighted by Crippen LogP contribution is -2.49. The Morgan fingerprint density at radius 3 is 2.36 bits per heavy atom. The minimum Gasteiger partial charge on any atom is -0.335 e. The van der Waals surface area contributed by atoms with Gasteiger partial charge in [-0.3, -0.25) is 4.90 Å². The Morgan fingerprint density at radius 2 is 1.86 bits per heavy atom. The first kappa shape index (κ1) is 17.3. The van der Waals surface area contributed by atoms with Crippen LogP contribution < -0.4 is 5.32 Å². The van der Waals surface area contributed by atoms with E-state index in [-0.39, 0.29) is 12.1 Å². The van der Waals surface area contributed by atoms with Crippen LogP contribution in [0.5, 0.6) is 0 Å². The smallest absolute Gasteiger partial charge is 0.317 e. The van der Waals surface area contributed by atoms with E-state index >= 15 is 0 Å². The fraction of sp³-hybridized carbons (Fsp3) is 0.800. The average molecular weight is 329 g/mol. The molecule has 2 rings (SSSR count). The number of piperidine rings is 1. The van der Waals surface area contributed by atoms with Gasteiger partial charge in [-0.25, -0.2) is 13.2 Å². The van der Waals surface area contributed by atoms with Crippen molar-refractivity contribution in [2.75, 3.05) is 39.0 Å². The summed E-state index contributed by atoms with van der Waals surface area (Å²) in [6, 6.07) is 0.0654. The van der Waals surface area contributed by atoms with Crippen molar-refractivity contribution in [3.8, 4) is 0 Å². The van der Waals surface area contributed by atoms with Gasteiger partial charge in [0.05, 0.1) is 5.25 Å². The van der Waals surface area contributed by atoms with E-state index in [1.807, 2.05) is 6.92 Å². The highest BCUT2D eigenvalue weighted by Gasteiger charge is 2.33. The Bertz CT molecular complexity index is 524. The molecular formula is C15H27N3O3S. The Balaban J connectivity index is 1.76. The number of carbonyl (C=O) groups excluding carboxylic acids is 1. The molecule has 0 bridgehead atoms. The number of urea groups is 1. The first-order valence-corrected chi connectivity index (χ1v) is 9.82. The molecule has 0 aliphatic carbocycles. The predicted molar refractivity (Wildman–Crippen MR) is 87.6 cm³/mol. The van der Waals surface area contributed by atoms with Crippen LogP contribution in [0.25, 0.3) is 0 Å². The van der Waals surface area contributed by atoms with Crippen LogP contribution in [0.2, 0.25) is 0 Å². The van der Waals surface area contributed by atoms with Crippen molar-refractivity contribution in [1.82, 2.24) is 15.1 Å². The Morgan fingerprint density at radius 1 is 1.23 bits per heavy atom. The summed E-state index contributed by atoms with van der Waals surface area (Å²) >= 11 is 0. The minimum absolute atomic E-state index is 0.121. The third-order valence-corrected chi connectivity index (χ3v) is 6.04. The highest BCUT2D eigenvalue weighted by molar-refractivity contribution is 7.91. The summed E-state index contributed by atoms with van der Waals surface area (Å²) in [4.78, 5) is 16.2. The summed E-state index contributed by atoms with van der Waals surface area (Å²) in [6.45, 7) is 9.64. The molecule has 7 heteroatoms. The molecule has 2 fully saturated rings. The molecule has 0 aromatic heterocycles. The summed E-state index contributed by atoms with van der Waals surface area (Å²) in [5, 5.41) is 2.64. The lowest BCUT2D eigenvalue weighted by Gasteiger charge is -2.33. The normalized spacial score (nSPS) is 24.5. The number of sulfone groups is 1. The number of amides is 2. The third kappa shape index (κ3) is 4.71. The largest absolute Gasteiger partial charge is 0.335 e. The molecule has 6 nitrogen and oxygen atoms in total. The minimum atomic E-state index is -3.06. The van der Waals surface area contributed by atoms with E-state index in [1.54, 1.807) is 4.90 Å². The summed E-state index contributed by atoms with van der Waals surface area (Å²) in [7, 11) is -3.06. The van der Waals surface area contributed by atoms with Gasteiger partial charge in [-0.1, -0.05) is 12.2 Å². The monoisotopic (exact) mass is 329 g/mol. The lowest BCUT2D eigenvalue weighted by atomic mass is 10.0. The molecular weight excluding hydrogens is 302 g/mol. The fourth-order valence-electron chi connectivity index (χ4n) is 3.15. The van der Waals surface area contributed by atoms with Gasteiger partial charge in [0.2, 0.25) is 0 Å². The molecule has 0 saturated carbocycles. The number of rotatable bonds is 4. The second-order valence-electron chi connectivity index (χ2n) is 6.64. The lowest BCUT2D eigenvalue weighted by molar-refractivity contribution is 0.183. The van der Waals surface area contributed by atoms with E-state index in [2.05, 4.69) is 16.8 Å². The Hall–Kier alpha value is -1.08. The van der Waals surface area contributed by atoms with E-state index in [4.69, 9.17) is 0 Å². The fourth-order valence-corrected chi connectivity index (χ4v) is 4.13. The molecule has 2 heterocycles. The van der Waals surface area contributed by atoms with Crippen LogP contribution in [-0.2, 0) is 9.84 Å². The van der Waals surface area contributed by atoms with Crippen molar-refractivity contribution in [2.45, 2.75) is 37.5 Å². The number of hydrogen-bond donors (Lipinski definition) is 1. The molecule has 0 spiro atoms. The van der Waals surface area contributed by atoms with Crippen LogP contribution in [0.3, 0.4) is 0 Å². The van der Waals surface area contributed by atoms with Crippen LogP contribution in [0, 0.1) is 0 Å². The quantitative estimate of drug-likeness (QED) is 0.777. The molecule has 0 radical (unpaired) electrons. The number of nitrogens with one attached hydrogen (secondary N) is 1. The van der Waals surface area contributed by atoms with E-state index in [9.17, 15) is 13.2 Å². The van der Waals surface area contributed by atoms with Gasteiger partial charge >= 0.3 is 6.03 Å². The highest BCUT2D eigenvalue weighted by Crippen LogP contribution is 2.17. The second kappa shape index (κ2) is 7.00. The van der Waals surface area contributed by atoms with Gasteiger partial charge in [0, 0.05) is 45.0 Å². The van der Waals surface area contributed by atoms with Gasteiger partial charge in [-0.05, 0) is 26.2 Å². The van der Waals surface area contributed by atoms with Crippen molar-refractivity contribution in [3.05, 3.63) is 12.2 Å². The van der Waals surface area contributed by atoms with Crippen LogP contribution in [0.15, 0.2) is 12.2 Å². The number of nitrogens with zero attached hydrogens (tertiary/aromatic N) is 2. The number of carbonyl (C=O) groups is 1. The van der Waals surface area contributed by atoms with Crippen molar-refractivity contribution in [1.29, 1.82) is 0 Å². The second-order valence-corrected chi connectivity index (χ2v) is 8.97. The maximum absolute atomic E-state index is 12.2. The predicted octanol–water partition coefficient (Wildman–Crippen LogP) is 0.855. The highest BCUT2D eigenvalue weighted by atomic mass is 32.2.